The number of amides is 1. The van der Waals surface area contributed by atoms with E-state index in [0.717, 1.165) is 24.7 Å². The standard InChI is InChI=1S/C19H24N6O/c26-19(15-5-6-17(22-13-15)23-16-3-1-2-4-16)25-11-9-24(10-12-25)18-14-20-7-8-21-18/h5-8,13-14,16H,1-4,9-12H2,(H,22,23). The van der Waals surface area contributed by atoms with Crippen molar-refractivity contribution in [3.05, 3.63) is 42.5 Å². The fourth-order valence-electron chi connectivity index (χ4n) is 3.66. The van der Waals surface area contributed by atoms with Gasteiger partial charge in [0.15, 0.2) is 0 Å². The molecule has 1 saturated carbocycles. The molecule has 26 heavy (non-hydrogen) atoms. The lowest BCUT2D eigenvalue weighted by molar-refractivity contribution is 0.0746. The summed E-state index contributed by atoms with van der Waals surface area (Å²) in [5, 5.41) is 3.45. The summed E-state index contributed by atoms with van der Waals surface area (Å²) in [5.41, 5.74) is 0.648. The summed E-state index contributed by atoms with van der Waals surface area (Å²) in [7, 11) is 0. The second-order valence-corrected chi connectivity index (χ2v) is 6.90. The van der Waals surface area contributed by atoms with Crippen LogP contribution in [-0.2, 0) is 0 Å². The summed E-state index contributed by atoms with van der Waals surface area (Å²) >= 11 is 0. The normalized spacial score (nSPS) is 18.2. The number of rotatable bonds is 4. The number of aromatic nitrogens is 3. The van der Waals surface area contributed by atoms with Crippen molar-refractivity contribution in [2.24, 2.45) is 0 Å². The summed E-state index contributed by atoms with van der Waals surface area (Å²) in [4.78, 5) is 29.6. The minimum Gasteiger partial charge on any atom is -0.367 e. The van der Waals surface area contributed by atoms with E-state index < -0.39 is 0 Å². The second kappa shape index (κ2) is 7.68. The molecule has 2 aliphatic rings. The molecule has 136 valence electrons. The number of carbonyl (C=O) groups is 1. The maximum absolute atomic E-state index is 12.7. The Morgan fingerprint density at radius 1 is 1.00 bits per heavy atom. The van der Waals surface area contributed by atoms with Crippen molar-refractivity contribution in [2.45, 2.75) is 31.7 Å². The predicted molar refractivity (Wildman–Crippen MR) is 100 cm³/mol. The third-order valence-corrected chi connectivity index (χ3v) is 5.16. The number of anilines is 2. The lowest BCUT2D eigenvalue weighted by Gasteiger charge is -2.35. The Bertz CT molecular complexity index is 721. The van der Waals surface area contributed by atoms with Crippen LogP contribution in [0.25, 0.3) is 0 Å². The van der Waals surface area contributed by atoms with Gasteiger partial charge in [0.25, 0.3) is 5.91 Å². The topological polar surface area (TPSA) is 74.2 Å². The van der Waals surface area contributed by atoms with E-state index in [-0.39, 0.29) is 5.91 Å². The minimum atomic E-state index is 0.0451. The molecule has 1 saturated heterocycles. The lowest BCUT2D eigenvalue weighted by atomic mass is 10.2. The highest BCUT2D eigenvalue weighted by Gasteiger charge is 2.23. The van der Waals surface area contributed by atoms with Crippen molar-refractivity contribution in [3.63, 3.8) is 0 Å². The van der Waals surface area contributed by atoms with Crippen molar-refractivity contribution < 1.29 is 4.79 Å². The van der Waals surface area contributed by atoms with Crippen LogP contribution in [0.1, 0.15) is 36.0 Å². The van der Waals surface area contributed by atoms with Crippen molar-refractivity contribution in [2.75, 3.05) is 36.4 Å². The third kappa shape index (κ3) is 3.76. The van der Waals surface area contributed by atoms with Crippen LogP contribution in [0.4, 0.5) is 11.6 Å². The average Bonchev–Trinajstić information content (AvgIpc) is 3.22. The first-order chi connectivity index (χ1) is 12.8. The van der Waals surface area contributed by atoms with Gasteiger partial charge in [-0.2, -0.15) is 0 Å². The number of nitrogens with one attached hydrogen (secondary N) is 1. The molecule has 0 aromatic carbocycles. The molecule has 1 N–H and O–H groups in total. The fraction of sp³-hybridized carbons (Fsp3) is 0.474. The molecule has 1 aliphatic heterocycles. The quantitative estimate of drug-likeness (QED) is 0.909. The van der Waals surface area contributed by atoms with E-state index in [0.29, 0.717) is 24.7 Å². The van der Waals surface area contributed by atoms with E-state index in [4.69, 9.17) is 0 Å². The Hall–Kier alpha value is -2.70. The molecule has 2 fully saturated rings. The molecule has 0 atom stereocenters. The van der Waals surface area contributed by atoms with Gasteiger partial charge in [0.2, 0.25) is 0 Å². The fourth-order valence-corrected chi connectivity index (χ4v) is 3.66. The Morgan fingerprint density at radius 3 is 2.46 bits per heavy atom. The van der Waals surface area contributed by atoms with Gasteiger partial charge in [0.05, 0.1) is 11.8 Å². The molecule has 0 radical (unpaired) electrons. The molecule has 2 aromatic rings. The SMILES string of the molecule is O=C(c1ccc(NC2CCCC2)nc1)N1CCN(c2cnccn2)CC1. The van der Waals surface area contributed by atoms with E-state index >= 15 is 0 Å². The number of pyridine rings is 1. The molecular weight excluding hydrogens is 328 g/mol. The van der Waals surface area contributed by atoms with E-state index in [9.17, 15) is 4.79 Å². The molecule has 7 heteroatoms. The van der Waals surface area contributed by atoms with Gasteiger partial charge in [0.1, 0.15) is 11.6 Å². The minimum absolute atomic E-state index is 0.0451. The number of piperazine rings is 1. The Morgan fingerprint density at radius 2 is 1.81 bits per heavy atom. The van der Waals surface area contributed by atoms with Gasteiger partial charge >= 0.3 is 0 Å². The number of carbonyl (C=O) groups excluding carboxylic acids is 1. The van der Waals surface area contributed by atoms with Gasteiger partial charge in [0, 0.05) is 50.8 Å². The van der Waals surface area contributed by atoms with Crippen LogP contribution in [0.15, 0.2) is 36.9 Å². The average molecular weight is 352 g/mol. The van der Waals surface area contributed by atoms with Crippen molar-refractivity contribution >= 4 is 17.5 Å². The van der Waals surface area contributed by atoms with E-state index in [1.807, 2.05) is 17.0 Å². The maximum Gasteiger partial charge on any atom is 0.255 e. The Labute approximate surface area is 153 Å². The van der Waals surface area contributed by atoms with Gasteiger partial charge in [-0.05, 0) is 25.0 Å². The van der Waals surface area contributed by atoms with Gasteiger partial charge in [-0.15, -0.1) is 0 Å². The first-order valence-corrected chi connectivity index (χ1v) is 9.32. The van der Waals surface area contributed by atoms with Crippen molar-refractivity contribution in [1.82, 2.24) is 19.9 Å². The molecule has 3 heterocycles. The lowest BCUT2D eigenvalue weighted by Crippen LogP contribution is -2.49. The highest BCUT2D eigenvalue weighted by molar-refractivity contribution is 5.94. The molecule has 0 bridgehead atoms. The molecule has 7 nitrogen and oxygen atoms in total. The summed E-state index contributed by atoms with van der Waals surface area (Å²) in [5.74, 6) is 1.77. The van der Waals surface area contributed by atoms with Gasteiger partial charge in [-0.3, -0.25) is 9.78 Å². The molecule has 2 aromatic heterocycles. The maximum atomic E-state index is 12.7. The van der Waals surface area contributed by atoms with Gasteiger partial charge in [-0.1, -0.05) is 12.8 Å². The summed E-state index contributed by atoms with van der Waals surface area (Å²) in [6, 6.07) is 4.32. The highest BCUT2D eigenvalue weighted by atomic mass is 16.2. The highest BCUT2D eigenvalue weighted by Crippen LogP contribution is 2.21. The molecular formula is C19H24N6O. The molecule has 0 unspecified atom stereocenters. The predicted octanol–water partition coefficient (Wildman–Crippen LogP) is 2.19. The number of hydrogen-bond donors (Lipinski definition) is 1. The zero-order chi connectivity index (χ0) is 17.8. The summed E-state index contributed by atoms with van der Waals surface area (Å²) in [6.45, 7) is 2.88. The van der Waals surface area contributed by atoms with Crippen LogP contribution in [0.3, 0.4) is 0 Å². The third-order valence-electron chi connectivity index (χ3n) is 5.16. The largest absolute Gasteiger partial charge is 0.367 e. The van der Waals surface area contributed by atoms with Crippen molar-refractivity contribution in [1.29, 1.82) is 0 Å². The van der Waals surface area contributed by atoms with E-state index in [1.165, 1.54) is 25.7 Å². The van der Waals surface area contributed by atoms with Crippen LogP contribution in [0, 0.1) is 0 Å². The summed E-state index contributed by atoms with van der Waals surface area (Å²) in [6.07, 6.45) is 11.8. The first-order valence-electron chi connectivity index (χ1n) is 9.32. The Kier molecular flexibility index (Phi) is 4.95. The molecule has 1 amide bonds. The van der Waals surface area contributed by atoms with Gasteiger partial charge < -0.3 is 15.1 Å². The van der Waals surface area contributed by atoms with E-state index in [2.05, 4.69) is 25.2 Å². The van der Waals surface area contributed by atoms with Crippen LogP contribution in [0.2, 0.25) is 0 Å². The van der Waals surface area contributed by atoms with Crippen LogP contribution in [0.5, 0.6) is 0 Å². The smallest absolute Gasteiger partial charge is 0.255 e. The molecule has 1 aliphatic carbocycles. The second-order valence-electron chi connectivity index (χ2n) is 6.90. The van der Waals surface area contributed by atoms with Crippen LogP contribution < -0.4 is 10.2 Å². The molecule has 0 spiro atoms. The Balaban J connectivity index is 1.33. The zero-order valence-corrected chi connectivity index (χ0v) is 14.8. The monoisotopic (exact) mass is 352 g/mol. The number of nitrogens with zero attached hydrogens (tertiary/aromatic N) is 5. The first kappa shape index (κ1) is 16.8. The van der Waals surface area contributed by atoms with Crippen molar-refractivity contribution in [3.8, 4) is 0 Å². The molecule has 4 rings (SSSR count). The number of hydrogen-bond acceptors (Lipinski definition) is 6. The van der Waals surface area contributed by atoms with Crippen LogP contribution in [-0.4, -0.2) is 58.0 Å². The zero-order valence-electron chi connectivity index (χ0n) is 14.8. The van der Waals surface area contributed by atoms with Crippen LogP contribution >= 0.6 is 0 Å². The van der Waals surface area contributed by atoms with E-state index in [1.54, 1.807) is 24.8 Å². The summed E-state index contributed by atoms with van der Waals surface area (Å²) < 4.78 is 0. The van der Waals surface area contributed by atoms with Gasteiger partial charge in [-0.25, -0.2) is 9.97 Å².